The fraction of sp³-hybridized carbons (Fsp3) is 0.100. The Morgan fingerprint density at radius 1 is 1.31 bits per heavy atom. The van der Waals surface area contributed by atoms with Gasteiger partial charge in [0.05, 0.1) is 12.7 Å². The Bertz CT molecular complexity index is 445. The molecule has 2 rings (SSSR count). The monoisotopic (exact) mass is 192 g/mol. The Balaban J connectivity index is 2.54. The second kappa shape index (κ2) is 3.18. The highest BCUT2D eigenvalue weighted by atomic mass is 32.1. The van der Waals surface area contributed by atoms with E-state index in [0.29, 0.717) is 5.56 Å². The third-order valence-electron chi connectivity index (χ3n) is 1.90. The fourth-order valence-electron chi connectivity index (χ4n) is 1.21. The van der Waals surface area contributed by atoms with Crippen molar-refractivity contribution in [2.45, 2.75) is 0 Å². The molecule has 0 bridgehead atoms. The van der Waals surface area contributed by atoms with E-state index in [9.17, 15) is 4.79 Å². The Kier molecular flexibility index (Phi) is 2.02. The van der Waals surface area contributed by atoms with Crippen LogP contribution in [-0.2, 0) is 4.74 Å². The molecule has 0 amide bonds. The average Bonchev–Trinajstić information content (AvgIpc) is 2.63. The number of methoxy groups -OCH3 is 1. The number of fused-ring (bicyclic) bond motifs is 1. The van der Waals surface area contributed by atoms with Crippen LogP contribution in [0.1, 0.15) is 10.4 Å². The first-order valence-electron chi connectivity index (χ1n) is 3.85. The Morgan fingerprint density at radius 2 is 2.08 bits per heavy atom. The quantitative estimate of drug-likeness (QED) is 0.649. The second-order valence-electron chi connectivity index (χ2n) is 2.71. The number of carbonyl (C=O) groups is 1. The van der Waals surface area contributed by atoms with Gasteiger partial charge in [0.2, 0.25) is 0 Å². The number of hydrogen-bond donors (Lipinski definition) is 0. The van der Waals surface area contributed by atoms with Gasteiger partial charge in [0.15, 0.2) is 0 Å². The number of rotatable bonds is 1. The minimum Gasteiger partial charge on any atom is -0.465 e. The molecule has 0 atom stereocenters. The van der Waals surface area contributed by atoms with Gasteiger partial charge in [0, 0.05) is 0 Å². The van der Waals surface area contributed by atoms with E-state index in [1.54, 1.807) is 17.4 Å². The first-order chi connectivity index (χ1) is 6.31. The van der Waals surface area contributed by atoms with Gasteiger partial charge in [-0.15, -0.1) is 0 Å². The van der Waals surface area contributed by atoms with Crippen LogP contribution in [0.2, 0.25) is 0 Å². The Morgan fingerprint density at radius 3 is 2.85 bits per heavy atom. The standard InChI is InChI=1S/C10H8O2S/c1-12-10(11)7-2-3-8-5-13-6-9(8)4-7/h2-6H,1H3. The number of benzene rings is 1. The van der Waals surface area contributed by atoms with Gasteiger partial charge in [-0.2, -0.15) is 11.3 Å². The van der Waals surface area contributed by atoms with Crippen LogP contribution in [0.25, 0.3) is 10.8 Å². The van der Waals surface area contributed by atoms with Gasteiger partial charge in [0.25, 0.3) is 0 Å². The summed E-state index contributed by atoms with van der Waals surface area (Å²) < 4.78 is 4.63. The highest BCUT2D eigenvalue weighted by molar-refractivity contribution is 7.09. The van der Waals surface area contributed by atoms with Gasteiger partial charge in [0.1, 0.15) is 0 Å². The topological polar surface area (TPSA) is 26.3 Å². The first-order valence-corrected chi connectivity index (χ1v) is 4.80. The molecule has 0 unspecified atom stereocenters. The molecule has 2 nitrogen and oxygen atoms in total. The lowest BCUT2D eigenvalue weighted by atomic mass is 10.1. The van der Waals surface area contributed by atoms with Crippen LogP contribution in [0.3, 0.4) is 0 Å². The van der Waals surface area contributed by atoms with Crippen molar-refractivity contribution in [2.24, 2.45) is 0 Å². The van der Waals surface area contributed by atoms with Gasteiger partial charge < -0.3 is 4.74 Å². The Hall–Kier alpha value is -1.35. The predicted octanol–water partition coefficient (Wildman–Crippen LogP) is 2.69. The maximum absolute atomic E-state index is 11.2. The van der Waals surface area contributed by atoms with Crippen LogP contribution in [0, 0.1) is 0 Å². The number of carbonyl (C=O) groups excluding carboxylic acids is 1. The van der Waals surface area contributed by atoms with Gasteiger partial charge in [-0.25, -0.2) is 4.79 Å². The average molecular weight is 192 g/mol. The maximum atomic E-state index is 11.2. The molecule has 0 spiro atoms. The predicted molar refractivity (Wildman–Crippen MR) is 53.2 cm³/mol. The highest BCUT2D eigenvalue weighted by Crippen LogP contribution is 2.20. The maximum Gasteiger partial charge on any atom is 0.337 e. The van der Waals surface area contributed by atoms with E-state index in [0.717, 1.165) is 10.8 Å². The van der Waals surface area contributed by atoms with E-state index in [1.807, 2.05) is 17.5 Å². The summed E-state index contributed by atoms with van der Waals surface area (Å²) in [5.74, 6) is -0.284. The minimum absolute atomic E-state index is 0.284. The van der Waals surface area contributed by atoms with Crippen LogP contribution in [0.15, 0.2) is 29.0 Å². The molecule has 0 fully saturated rings. The van der Waals surface area contributed by atoms with E-state index in [2.05, 4.69) is 10.1 Å². The summed E-state index contributed by atoms with van der Waals surface area (Å²) >= 11 is 1.63. The molecule has 3 heteroatoms. The SMILES string of the molecule is COC(=O)c1ccc2cscc2c1. The second-order valence-corrected chi connectivity index (χ2v) is 3.45. The molecular weight excluding hydrogens is 184 g/mol. The molecular formula is C10H8O2S. The van der Waals surface area contributed by atoms with Crippen molar-refractivity contribution in [3.8, 4) is 0 Å². The molecule has 1 aromatic heterocycles. The van der Waals surface area contributed by atoms with E-state index < -0.39 is 0 Å². The molecule has 0 saturated heterocycles. The molecule has 0 aliphatic carbocycles. The third kappa shape index (κ3) is 1.42. The van der Waals surface area contributed by atoms with Crippen molar-refractivity contribution in [1.82, 2.24) is 0 Å². The van der Waals surface area contributed by atoms with Gasteiger partial charge in [-0.05, 0) is 33.7 Å². The summed E-state index contributed by atoms with van der Waals surface area (Å²) in [7, 11) is 1.39. The van der Waals surface area contributed by atoms with Gasteiger partial charge in [-0.3, -0.25) is 0 Å². The zero-order chi connectivity index (χ0) is 9.26. The van der Waals surface area contributed by atoms with Crippen LogP contribution in [0.4, 0.5) is 0 Å². The summed E-state index contributed by atoms with van der Waals surface area (Å²) in [6.45, 7) is 0. The lowest BCUT2D eigenvalue weighted by Gasteiger charge is -1.98. The van der Waals surface area contributed by atoms with Crippen molar-refractivity contribution in [2.75, 3.05) is 7.11 Å². The smallest absolute Gasteiger partial charge is 0.337 e. The summed E-state index contributed by atoms with van der Waals surface area (Å²) in [6.07, 6.45) is 0. The number of hydrogen-bond acceptors (Lipinski definition) is 3. The van der Waals surface area contributed by atoms with Crippen molar-refractivity contribution in [3.63, 3.8) is 0 Å². The summed E-state index contributed by atoms with van der Waals surface area (Å²) in [5.41, 5.74) is 0.605. The normalized spacial score (nSPS) is 10.2. The lowest BCUT2D eigenvalue weighted by molar-refractivity contribution is 0.0601. The summed E-state index contributed by atoms with van der Waals surface area (Å²) in [4.78, 5) is 11.2. The van der Waals surface area contributed by atoms with Crippen molar-refractivity contribution in [1.29, 1.82) is 0 Å². The van der Waals surface area contributed by atoms with Crippen LogP contribution in [0.5, 0.6) is 0 Å². The lowest BCUT2D eigenvalue weighted by Crippen LogP contribution is -1.99. The molecule has 0 aliphatic rings. The third-order valence-corrected chi connectivity index (χ3v) is 2.68. The summed E-state index contributed by atoms with van der Waals surface area (Å²) in [5, 5.41) is 6.32. The zero-order valence-corrected chi connectivity index (χ0v) is 7.93. The molecule has 2 aromatic rings. The van der Waals surface area contributed by atoms with Gasteiger partial charge >= 0.3 is 5.97 Å². The summed E-state index contributed by atoms with van der Waals surface area (Å²) in [6, 6.07) is 5.55. The van der Waals surface area contributed by atoms with Crippen LogP contribution < -0.4 is 0 Å². The number of thiophene rings is 1. The van der Waals surface area contributed by atoms with Crippen molar-refractivity contribution >= 4 is 28.1 Å². The fourth-order valence-corrected chi connectivity index (χ4v) is 1.99. The highest BCUT2D eigenvalue weighted by Gasteiger charge is 2.05. The van der Waals surface area contributed by atoms with Crippen molar-refractivity contribution in [3.05, 3.63) is 34.5 Å². The molecule has 0 saturated carbocycles. The number of ether oxygens (including phenoxy) is 1. The van der Waals surface area contributed by atoms with E-state index in [1.165, 1.54) is 7.11 Å². The van der Waals surface area contributed by atoms with E-state index in [-0.39, 0.29) is 5.97 Å². The molecule has 66 valence electrons. The molecule has 13 heavy (non-hydrogen) atoms. The molecule has 1 aromatic carbocycles. The first kappa shape index (κ1) is 8.26. The zero-order valence-electron chi connectivity index (χ0n) is 7.11. The van der Waals surface area contributed by atoms with E-state index >= 15 is 0 Å². The largest absolute Gasteiger partial charge is 0.465 e. The van der Waals surface area contributed by atoms with Gasteiger partial charge in [-0.1, -0.05) is 6.07 Å². The molecule has 1 heterocycles. The molecule has 0 N–H and O–H groups in total. The molecule has 0 aliphatic heterocycles. The minimum atomic E-state index is -0.284. The van der Waals surface area contributed by atoms with Crippen LogP contribution >= 0.6 is 11.3 Å². The van der Waals surface area contributed by atoms with Crippen LogP contribution in [-0.4, -0.2) is 13.1 Å². The van der Waals surface area contributed by atoms with E-state index in [4.69, 9.17) is 0 Å². The van der Waals surface area contributed by atoms with Crippen molar-refractivity contribution < 1.29 is 9.53 Å². The number of esters is 1. The molecule has 0 radical (unpaired) electrons. The Labute approximate surface area is 79.8 Å².